The highest BCUT2D eigenvalue weighted by Crippen LogP contribution is 2.17. The van der Waals surface area contributed by atoms with E-state index >= 15 is 0 Å². The molecule has 1 heterocycles. The summed E-state index contributed by atoms with van der Waals surface area (Å²) in [4.78, 5) is 33.7. The predicted octanol–water partition coefficient (Wildman–Crippen LogP) is -1.03. The molecule has 2 amide bonds. The number of carbonyl (C=O) groups excluding carboxylic acids is 2. The Hall–Kier alpha value is -1.43. The summed E-state index contributed by atoms with van der Waals surface area (Å²) in [5.41, 5.74) is 0. The van der Waals surface area contributed by atoms with Gasteiger partial charge in [0.2, 0.25) is 11.8 Å². The number of aliphatic hydroxyl groups excluding tert-OH is 1. The highest BCUT2D eigenvalue weighted by atomic mass is 16.4. The van der Waals surface area contributed by atoms with Crippen LogP contribution < -0.4 is 0 Å². The molecular formula is C8H11NO5. The lowest BCUT2D eigenvalue weighted by Gasteiger charge is -2.24. The van der Waals surface area contributed by atoms with Gasteiger partial charge in [0.1, 0.15) is 0 Å². The van der Waals surface area contributed by atoms with E-state index in [1.54, 1.807) is 0 Å². The van der Waals surface area contributed by atoms with E-state index in [0.29, 0.717) is 4.90 Å². The van der Waals surface area contributed by atoms with E-state index < -0.39 is 29.9 Å². The molecule has 0 aromatic heterocycles. The third-order valence-electron chi connectivity index (χ3n) is 2.08. The van der Waals surface area contributed by atoms with Gasteiger partial charge in [0.15, 0.2) is 6.04 Å². The summed E-state index contributed by atoms with van der Waals surface area (Å²) < 4.78 is 0. The lowest BCUT2D eigenvalue weighted by Crippen LogP contribution is -2.50. The average molecular weight is 201 g/mol. The molecule has 78 valence electrons. The number of imide groups is 1. The van der Waals surface area contributed by atoms with Crippen molar-refractivity contribution < 1.29 is 24.6 Å². The minimum absolute atomic E-state index is 0.0231. The Morgan fingerprint density at radius 1 is 1.36 bits per heavy atom. The average Bonchev–Trinajstić information content (AvgIpc) is 2.34. The molecule has 0 radical (unpaired) electrons. The van der Waals surface area contributed by atoms with E-state index in [0.717, 1.165) is 0 Å². The van der Waals surface area contributed by atoms with Gasteiger partial charge in [-0.15, -0.1) is 0 Å². The second kappa shape index (κ2) is 3.75. The molecule has 2 atom stereocenters. The molecule has 6 nitrogen and oxygen atoms in total. The fourth-order valence-corrected chi connectivity index (χ4v) is 1.44. The minimum Gasteiger partial charge on any atom is -0.480 e. The van der Waals surface area contributed by atoms with Gasteiger partial charge in [0.05, 0.1) is 6.10 Å². The van der Waals surface area contributed by atoms with Gasteiger partial charge in [-0.25, -0.2) is 4.79 Å². The number of aliphatic carboxylic acids is 1. The molecule has 6 heteroatoms. The van der Waals surface area contributed by atoms with Crippen molar-refractivity contribution in [2.45, 2.75) is 31.9 Å². The predicted molar refractivity (Wildman–Crippen MR) is 44.2 cm³/mol. The van der Waals surface area contributed by atoms with Crippen LogP contribution in [0.4, 0.5) is 0 Å². The Balaban J connectivity index is 2.92. The van der Waals surface area contributed by atoms with Crippen LogP contribution in [0.25, 0.3) is 0 Å². The van der Waals surface area contributed by atoms with Gasteiger partial charge in [-0.2, -0.15) is 0 Å². The number of rotatable bonds is 3. The first-order chi connectivity index (χ1) is 6.45. The third-order valence-corrected chi connectivity index (χ3v) is 2.08. The molecule has 14 heavy (non-hydrogen) atoms. The van der Waals surface area contributed by atoms with Crippen molar-refractivity contribution in [3.8, 4) is 0 Å². The lowest BCUT2D eigenvalue weighted by atomic mass is 10.1. The number of aliphatic hydroxyl groups is 1. The summed E-state index contributed by atoms with van der Waals surface area (Å²) in [6, 6.07) is -1.46. The van der Waals surface area contributed by atoms with Crippen LogP contribution in [0, 0.1) is 0 Å². The number of amides is 2. The van der Waals surface area contributed by atoms with Crippen LogP contribution in [0.1, 0.15) is 19.8 Å². The van der Waals surface area contributed by atoms with Crippen molar-refractivity contribution in [3.63, 3.8) is 0 Å². The van der Waals surface area contributed by atoms with Crippen LogP contribution in [0.2, 0.25) is 0 Å². The zero-order chi connectivity index (χ0) is 10.9. The molecule has 0 spiro atoms. The minimum atomic E-state index is -1.46. The Morgan fingerprint density at radius 3 is 2.07 bits per heavy atom. The van der Waals surface area contributed by atoms with Crippen LogP contribution in [0.15, 0.2) is 0 Å². The number of nitrogens with zero attached hydrogens (tertiary/aromatic N) is 1. The Labute approximate surface area is 80.1 Å². The quantitative estimate of drug-likeness (QED) is 0.569. The summed E-state index contributed by atoms with van der Waals surface area (Å²) in [6.07, 6.45) is -1.22. The fraction of sp³-hybridized carbons (Fsp3) is 0.625. The molecule has 1 aliphatic heterocycles. The zero-order valence-corrected chi connectivity index (χ0v) is 7.64. The molecule has 1 saturated heterocycles. The normalized spacial score (nSPS) is 21.1. The lowest BCUT2D eigenvalue weighted by molar-refractivity contribution is -0.158. The Morgan fingerprint density at radius 2 is 1.79 bits per heavy atom. The number of carboxylic acid groups (broad SMARTS) is 1. The standard InChI is InChI=1S/C8H11NO5/c1-4(10)7(8(13)14)9-5(11)2-3-6(9)12/h4,7,10H,2-3H2,1H3,(H,13,14). The molecule has 0 aromatic rings. The van der Waals surface area contributed by atoms with Crippen molar-refractivity contribution in [2.75, 3.05) is 0 Å². The molecule has 0 bridgehead atoms. The van der Waals surface area contributed by atoms with Crippen molar-refractivity contribution in [2.24, 2.45) is 0 Å². The van der Waals surface area contributed by atoms with Gasteiger partial charge in [-0.1, -0.05) is 0 Å². The van der Waals surface area contributed by atoms with Crippen molar-refractivity contribution in [1.82, 2.24) is 4.90 Å². The van der Waals surface area contributed by atoms with E-state index in [9.17, 15) is 14.4 Å². The highest BCUT2D eigenvalue weighted by molar-refractivity contribution is 6.05. The molecule has 2 N–H and O–H groups in total. The Bertz CT molecular complexity index is 269. The topological polar surface area (TPSA) is 94.9 Å². The Kier molecular flexibility index (Phi) is 2.85. The van der Waals surface area contributed by atoms with E-state index in [2.05, 4.69) is 0 Å². The zero-order valence-electron chi connectivity index (χ0n) is 7.64. The van der Waals surface area contributed by atoms with E-state index in [1.807, 2.05) is 0 Å². The smallest absolute Gasteiger partial charge is 0.329 e. The summed E-state index contributed by atoms with van der Waals surface area (Å²) in [7, 11) is 0. The molecule has 0 aliphatic carbocycles. The second-order valence-electron chi connectivity index (χ2n) is 3.18. The summed E-state index contributed by atoms with van der Waals surface area (Å²) in [5.74, 6) is -2.45. The van der Waals surface area contributed by atoms with E-state index in [-0.39, 0.29) is 12.8 Å². The first-order valence-corrected chi connectivity index (χ1v) is 4.21. The van der Waals surface area contributed by atoms with Crippen LogP contribution in [-0.2, 0) is 14.4 Å². The van der Waals surface area contributed by atoms with E-state index in [1.165, 1.54) is 6.92 Å². The van der Waals surface area contributed by atoms with Gasteiger partial charge < -0.3 is 10.2 Å². The first-order valence-electron chi connectivity index (χ1n) is 4.21. The van der Waals surface area contributed by atoms with Crippen LogP contribution in [0.5, 0.6) is 0 Å². The van der Waals surface area contributed by atoms with Crippen LogP contribution >= 0.6 is 0 Å². The molecule has 1 rings (SSSR count). The summed E-state index contributed by atoms with van der Waals surface area (Å²) in [6.45, 7) is 1.23. The van der Waals surface area contributed by atoms with Crippen molar-refractivity contribution >= 4 is 17.8 Å². The molecule has 1 aliphatic rings. The highest BCUT2D eigenvalue weighted by Gasteiger charge is 2.41. The monoisotopic (exact) mass is 201 g/mol. The van der Waals surface area contributed by atoms with Gasteiger partial charge >= 0.3 is 5.97 Å². The number of hydrogen-bond acceptors (Lipinski definition) is 4. The maximum atomic E-state index is 11.2. The molecule has 1 fully saturated rings. The maximum absolute atomic E-state index is 11.2. The van der Waals surface area contributed by atoms with Crippen molar-refractivity contribution in [1.29, 1.82) is 0 Å². The SMILES string of the molecule is CC(O)C(C(=O)O)N1C(=O)CCC1=O. The van der Waals surface area contributed by atoms with Crippen molar-refractivity contribution in [3.05, 3.63) is 0 Å². The molecule has 0 saturated carbocycles. The summed E-state index contributed by atoms with van der Waals surface area (Å²) >= 11 is 0. The van der Waals surface area contributed by atoms with Gasteiger partial charge in [-0.3, -0.25) is 14.5 Å². The van der Waals surface area contributed by atoms with Crippen LogP contribution in [0.3, 0.4) is 0 Å². The van der Waals surface area contributed by atoms with Crippen LogP contribution in [-0.4, -0.2) is 45.0 Å². The van der Waals surface area contributed by atoms with Gasteiger partial charge in [0, 0.05) is 12.8 Å². The number of likely N-dealkylation sites (tertiary alicyclic amines) is 1. The second-order valence-corrected chi connectivity index (χ2v) is 3.18. The molecule has 0 aromatic carbocycles. The van der Waals surface area contributed by atoms with Gasteiger partial charge in [-0.05, 0) is 6.92 Å². The fourth-order valence-electron chi connectivity index (χ4n) is 1.44. The number of carboxylic acids is 1. The summed E-state index contributed by atoms with van der Waals surface area (Å²) in [5, 5.41) is 17.9. The first kappa shape index (κ1) is 10.6. The largest absolute Gasteiger partial charge is 0.480 e. The molecular weight excluding hydrogens is 190 g/mol. The number of hydrogen-bond donors (Lipinski definition) is 2. The third kappa shape index (κ3) is 1.74. The number of carbonyl (C=O) groups is 3. The molecule has 2 unspecified atom stereocenters. The maximum Gasteiger partial charge on any atom is 0.329 e. The van der Waals surface area contributed by atoms with E-state index in [4.69, 9.17) is 10.2 Å². The van der Waals surface area contributed by atoms with Gasteiger partial charge in [0.25, 0.3) is 0 Å².